The molecule has 0 fully saturated rings. The van der Waals surface area contributed by atoms with Crippen molar-refractivity contribution < 1.29 is 29.4 Å². The second kappa shape index (κ2) is 11.5. The minimum atomic E-state index is -1.27. The summed E-state index contributed by atoms with van der Waals surface area (Å²) < 4.78 is 0. The molecule has 0 saturated heterocycles. The highest BCUT2D eigenvalue weighted by molar-refractivity contribution is 5.93. The Kier molecular flexibility index (Phi) is 10.6. The molecule has 4 unspecified atom stereocenters. The Morgan fingerprint density at radius 2 is 1.37 bits per heavy atom. The van der Waals surface area contributed by atoms with Gasteiger partial charge in [0.25, 0.3) is 0 Å². The van der Waals surface area contributed by atoms with Crippen LogP contribution in [0.4, 0.5) is 0 Å². The number of hydrogen-bond acceptors (Lipinski definition) is 6. The Balaban J connectivity index is 4.82. The van der Waals surface area contributed by atoms with Crippen LogP contribution in [0.3, 0.4) is 0 Å². The molecule has 0 aliphatic carbocycles. The Bertz CT molecular complexity index is 538. The monoisotopic (exact) mass is 388 g/mol. The molecule has 0 aliphatic heterocycles. The van der Waals surface area contributed by atoms with E-state index < -0.39 is 54.5 Å². The lowest BCUT2D eigenvalue weighted by atomic mass is 10.0. The van der Waals surface area contributed by atoms with Crippen LogP contribution in [0, 0.1) is 11.8 Å². The summed E-state index contributed by atoms with van der Waals surface area (Å²) in [6.45, 7) is 7.81. The average molecular weight is 388 g/mol. The lowest BCUT2D eigenvalue weighted by Gasteiger charge is -2.23. The summed E-state index contributed by atoms with van der Waals surface area (Å²) in [7, 11) is 0. The summed E-state index contributed by atoms with van der Waals surface area (Å²) in [5, 5.41) is 25.5. The fraction of sp³-hybridized carbons (Fsp3) is 0.765. The Labute approximate surface area is 159 Å². The first-order chi connectivity index (χ1) is 12.4. The van der Waals surface area contributed by atoms with E-state index in [9.17, 15) is 24.3 Å². The number of carboxylic acids is 1. The summed E-state index contributed by atoms with van der Waals surface area (Å²) in [4.78, 5) is 47.5. The molecule has 3 amide bonds. The van der Waals surface area contributed by atoms with E-state index in [0.717, 1.165) is 0 Å². The van der Waals surface area contributed by atoms with Crippen LogP contribution in [0.5, 0.6) is 0 Å². The largest absolute Gasteiger partial charge is 0.480 e. The molecule has 0 aromatic carbocycles. The first-order valence-electron chi connectivity index (χ1n) is 8.91. The zero-order chi connectivity index (χ0) is 21.3. The lowest BCUT2D eigenvalue weighted by molar-refractivity contribution is -0.142. The summed E-state index contributed by atoms with van der Waals surface area (Å²) in [5.41, 5.74) is 5.69. The zero-order valence-corrected chi connectivity index (χ0v) is 16.5. The van der Waals surface area contributed by atoms with Crippen molar-refractivity contribution in [3.05, 3.63) is 0 Å². The van der Waals surface area contributed by atoms with E-state index in [-0.39, 0.29) is 18.3 Å². The predicted molar refractivity (Wildman–Crippen MR) is 98.5 cm³/mol. The minimum Gasteiger partial charge on any atom is -0.480 e. The summed E-state index contributed by atoms with van der Waals surface area (Å²) in [6.07, 6.45) is 0.240. The van der Waals surface area contributed by atoms with Crippen molar-refractivity contribution in [1.82, 2.24) is 16.0 Å². The van der Waals surface area contributed by atoms with Gasteiger partial charge in [-0.3, -0.25) is 14.4 Å². The number of amides is 3. The molecule has 0 heterocycles. The molecule has 0 bridgehead atoms. The number of aliphatic hydroxyl groups excluding tert-OH is 1. The fourth-order valence-corrected chi connectivity index (χ4v) is 2.13. The third-order valence-corrected chi connectivity index (χ3v) is 3.91. The SMILES string of the molecule is CC(C)CC(NC(=O)C(C)NC(=O)C(CO)NC(=O)C(N)C(C)C)C(=O)O. The number of rotatable bonds is 11. The van der Waals surface area contributed by atoms with Crippen LogP contribution in [-0.4, -0.2) is 64.7 Å². The van der Waals surface area contributed by atoms with Crippen molar-refractivity contribution in [3.8, 4) is 0 Å². The smallest absolute Gasteiger partial charge is 0.326 e. The van der Waals surface area contributed by atoms with E-state index in [1.165, 1.54) is 6.92 Å². The highest BCUT2D eigenvalue weighted by Gasteiger charge is 2.28. The van der Waals surface area contributed by atoms with Gasteiger partial charge >= 0.3 is 5.97 Å². The van der Waals surface area contributed by atoms with Gasteiger partial charge < -0.3 is 31.9 Å². The number of nitrogens with two attached hydrogens (primary N) is 1. The zero-order valence-electron chi connectivity index (χ0n) is 16.5. The molecular weight excluding hydrogens is 356 g/mol. The number of aliphatic hydroxyl groups is 1. The van der Waals surface area contributed by atoms with Gasteiger partial charge in [-0.2, -0.15) is 0 Å². The van der Waals surface area contributed by atoms with Gasteiger partial charge in [-0.05, 0) is 25.2 Å². The van der Waals surface area contributed by atoms with Crippen molar-refractivity contribution in [1.29, 1.82) is 0 Å². The molecule has 0 radical (unpaired) electrons. The van der Waals surface area contributed by atoms with E-state index in [1.807, 2.05) is 13.8 Å². The molecule has 0 saturated carbocycles. The first-order valence-corrected chi connectivity index (χ1v) is 8.91. The van der Waals surface area contributed by atoms with Crippen LogP contribution in [0.15, 0.2) is 0 Å². The van der Waals surface area contributed by atoms with E-state index >= 15 is 0 Å². The van der Waals surface area contributed by atoms with Gasteiger partial charge in [0.1, 0.15) is 18.1 Å². The van der Waals surface area contributed by atoms with Gasteiger partial charge in [0.15, 0.2) is 0 Å². The maximum atomic E-state index is 12.2. The maximum Gasteiger partial charge on any atom is 0.326 e. The topological polar surface area (TPSA) is 171 Å². The van der Waals surface area contributed by atoms with E-state index in [2.05, 4.69) is 16.0 Å². The Hall–Kier alpha value is -2.20. The minimum absolute atomic E-state index is 0.0513. The lowest BCUT2D eigenvalue weighted by Crippen LogP contribution is -2.57. The standard InChI is InChI=1S/C17H32N4O6/c1-8(2)6-11(17(26)27)20-14(23)10(5)19-15(24)12(7-22)21-16(25)13(18)9(3)4/h8-13,22H,6-7,18H2,1-5H3,(H,19,24)(H,20,23)(H,21,25)(H,26,27). The molecule has 10 heteroatoms. The number of carboxylic acid groups (broad SMARTS) is 1. The van der Waals surface area contributed by atoms with Crippen LogP contribution >= 0.6 is 0 Å². The van der Waals surface area contributed by atoms with E-state index in [1.54, 1.807) is 13.8 Å². The quantitative estimate of drug-likeness (QED) is 0.252. The highest BCUT2D eigenvalue weighted by atomic mass is 16.4. The van der Waals surface area contributed by atoms with Gasteiger partial charge in [-0.15, -0.1) is 0 Å². The van der Waals surface area contributed by atoms with E-state index in [4.69, 9.17) is 10.8 Å². The number of aliphatic carboxylic acids is 1. The van der Waals surface area contributed by atoms with Gasteiger partial charge in [0.05, 0.1) is 12.6 Å². The molecule has 0 aliphatic rings. The molecule has 0 spiro atoms. The normalized spacial score (nSPS) is 15.6. The van der Waals surface area contributed by atoms with Crippen molar-refractivity contribution >= 4 is 23.7 Å². The Morgan fingerprint density at radius 1 is 0.852 bits per heavy atom. The second-order valence-corrected chi connectivity index (χ2v) is 7.27. The average Bonchev–Trinajstić information content (AvgIpc) is 2.56. The molecule has 156 valence electrons. The van der Waals surface area contributed by atoms with Crippen LogP contribution < -0.4 is 21.7 Å². The third kappa shape index (κ3) is 8.83. The predicted octanol–water partition coefficient (Wildman–Crippen LogP) is -1.43. The number of hydrogen-bond donors (Lipinski definition) is 6. The van der Waals surface area contributed by atoms with Crippen molar-refractivity contribution in [3.63, 3.8) is 0 Å². The number of nitrogens with one attached hydrogen (secondary N) is 3. The van der Waals surface area contributed by atoms with Crippen molar-refractivity contribution in [2.24, 2.45) is 17.6 Å². The number of carbonyl (C=O) groups is 4. The summed E-state index contributed by atoms with van der Waals surface area (Å²) >= 11 is 0. The molecular formula is C17H32N4O6. The molecule has 27 heavy (non-hydrogen) atoms. The summed E-state index contributed by atoms with van der Waals surface area (Å²) in [6, 6.07) is -4.26. The highest BCUT2D eigenvalue weighted by Crippen LogP contribution is 2.05. The fourth-order valence-electron chi connectivity index (χ4n) is 2.13. The van der Waals surface area contributed by atoms with Gasteiger partial charge in [0.2, 0.25) is 17.7 Å². The Morgan fingerprint density at radius 3 is 1.78 bits per heavy atom. The third-order valence-electron chi connectivity index (χ3n) is 3.91. The molecule has 0 aromatic heterocycles. The molecule has 0 rings (SSSR count). The summed E-state index contributed by atoms with van der Waals surface area (Å²) in [5.74, 6) is -3.34. The second-order valence-electron chi connectivity index (χ2n) is 7.27. The molecule has 7 N–H and O–H groups in total. The maximum absolute atomic E-state index is 12.2. The van der Waals surface area contributed by atoms with Crippen LogP contribution in [0.25, 0.3) is 0 Å². The van der Waals surface area contributed by atoms with Crippen molar-refractivity contribution in [2.75, 3.05) is 6.61 Å². The molecule has 0 aromatic rings. The van der Waals surface area contributed by atoms with Gasteiger partial charge in [-0.25, -0.2) is 4.79 Å². The van der Waals surface area contributed by atoms with Gasteiger partial charge in [-0.1, -0.05) is 27.7 Å². The van der Waals surface area contributed by atoms with Crippen LogP contribution in [0.1, 0.15) is 41.0 Å². The van der Waals surface area contributed by atoms with Crippen LogP contribution in [0.2, 0.25) is 0 Å². The molecule has 4 atom stereocenters. The first kappa shape index (κ1) is 24.8. The van der Waals surface area contributed by atoms with E-state index in [0.29, 0.717) is 0 Å². The molecule has 10 nitrogen and oxygen atoms in total. The van der Waals surface area contributed by atoms with Crippen LogP contribution in [-0.2, 0) is 19.2 Å². The van der Waals surface area contributed by atoms with Crippen molar-refractivity contribution in [2.45, 2.75) is 65.2 Å². The van der Waals surface area contributed by atoms with Gasteiger partial charge in [0, 0.05) is 0 Å². The number of carbonyl (C=O) groups excluding carboxylic acids is 3.